The summed E-state index contributed by atoms with van der Waals surface area (Å²) in [5.74, 6) is 1.10. The first-order valence-corrected chi connectivity index (χ1v) is 6.81. The minimum absolute atomic E-state index is 0.575. The van der Waals surface area contributed by atoms with Crippen LogP contribution in [0.2, 0.25) is 0 Å². The largest absolute Gasteiger partial charge is 0.303 e. The Kier molecular flexibility index (Phi) is 3.78. The molecule has 0 aromatic carbocycles. The van der Waals surface area contributed by atoms with Gasteiger partial charge in [0.15, 0.2) is 0 Å². The second kappa shape index (κ2) is 4.89. The summed E-state index contributed by atoms with van der Waals surface area (Å²) in [5, 5.41) is 0. The van der Waals surface area contributed by atoms with Gasteiger partial charge in [-0.2, -0.15) is 12.6 Å². The summed E-state index contributed by atoms with van der Waals surface area (Å²) in [6.45, 7) is 4.02. The molecule has 0 aromatic rings. The fourth-order valence-corrected chi connectivity index (χ4v) is 3.50. The molecule has 0 unspecified atom stereocenters. The zero-order valence-corrected chi connectivity index (χ0v) is 10.1. The molecule has 0 amide bonds. The van der Waals surface area contributed by atoms with Gasteiger partial charge in [-0.25, -0.2) is 0 Å². The zero-order valence-electron chi connectivity index (χ0n) is 9.17. The molecule has 2 rings (SSSR count). The minimum atomic E-state index is 0.575. The van der Waals surface area contributed by atoms with Gasteiger partial charge >= 0.3 is 0 Å². The lowest BCUT2D eigenvalue weighted by molar-refractivity contribution is 0.144. The van der Waals surface area contributed by atoms with Crippen LogP contribution >= 0.6 is 12.6 Å². The van der Waals surface area contributed by atoms with Crippen molar-refractivity contribution in [3.8, 4) is 0 Å². The lowest BCUT2D eigenvalue weighted by atomic mass is 9.75. The molecule has 0 aromatic heterocycles. The Morgan fingerprint density at radius 1 is 0.929 bits per heavy atom. The molecule has 0 spiro atoms. The lowest BCUT2D eigenvalue weighted by Crippen LogP contribution is -2.39. The monoisotopic (exact) mass is 213 g/mol. The Balaban J connectivity index is 1.89. The van der Waals surface area contributed by atoms with Gasteiger partial charge in [0.2, 0.25) is 0 Å². The molecular weight excluding hydrogens is 190 g/mol. The van der Waals surface area contributed by atoms with Crippen molar-refractivity contribution in [3.05, 3.63) is 0 Å². The Hall–Kier alpha value is 0.310. The Bertz CT molecular complexity index is 169. The predicted octanol–water partition coefficient (Wildman–Crippen LogP) is 2.96. The summed E-state index contributed by atoms with van der Waals surface area (Å²) < 4.78 is 0. The predicted molar refractivity (Wildman–Crippen MR) is 65.0 cm³/mol. The van der Waals surface area contributed by atoms with Crippen LogP contribution < -0.4 is 0 Å². The first-order chi connectivity index (χ1) is 6.85. The number of hydrogen-bond donors (Lipinski definition) is 1. The summed E-state index contributed by atoms with van der Waals surface area (Å²) in [7, 11) is 0. The highest BCUT2D eigenvalue weighted by molar-refractivity contribution is 7.80. The maximum Gasteiger partial charge on any atom is 0.00458 e. The van der Waals surface area contributed by atoms with Crippen LogP contribution in [0, 0.1) is 5.41 Å². The van der Waals surface area contributed by atoms with E-state index in [9.17, 15) is 0 Å². The van der Waals surface area contributed by atoms with Crippen LogP contribution in [0.3, 0.4) is 0 Å². The second-order valence-electron chi connectivity index (χ2n) is 5.20. The van der Waals surface area contributed by atoms with Crippen LogP contribution in [0.25, 0.3) is 0 Å². The van der Waals surface area contributed by atoms with E-state index < -0.39 is 0 Å². The lowest BCUT2D eigenvalue weighted by Gasteiger charge is -2.39. The summed E-state index contributed by atoms with van der Waals surface area (Å²) in [6, 6.07) is 0. The normalized spacial score (nSPS) is 28.1. The average Bonchev–Trinajstić information content (AvgIpc) is 2.72. The van der Waals surface area contributed by atoms with E-state index in [-0.39, 0.29) is 0 Å². The summed E-state index contributed by atoms with van der Waals surface area (Å²) in [6.07, 6.45) is 10.0. The quantitative estimate of drug-likeness (QED) is 0.705. The van der Waals surface area contributed by atoms with Crippen molar-refractivity contribution in [1.29, 1.82) is 0 Å². The molecular formula is C12H23NS. The maximum atomic E-state index is 4.60. The second-order valence-corrected chi connectivity index (χ2v) is 5.52. The third kappa shape index (κ3) is 2.46. The Morgan fingerprint density at radius 3 is 2.14 bits per heavy atom. The van der Waals surface area contributed by atoms with Gasteiger partial charge in [0, 0.05) is 6.54 Å². The fourth-order valence-electron chi connectivity index (χ4n) is 3.08. The highest BCUT2D eigenvalue weighted by Gasteiger charge is 2.33. The SMILES string of the molecule is SCC1(CN2CCCC2)CCCCC1. The molecule has 0 radical (unpaired) electrons. The van der Waals surface area contributed by atoms with Gasteiger partial charge in [-0.3, -0.25) is 0 Å². The van der Waals surface area contributed by atoms with Crippen molar-refractivity contribution in [3.63, 3.8) is 0 Å². The zero-order chi connectivity index (χ0) is 9.86. The van der Waals surface area contributed by atoms with Crippen molar-refractivity contribution < 1.29 is 0 Å². The molecule has 2 fully saturated rings. The van der Waals surface area contributed by atoms with Gasteiger partial charge in [0.1, 0.15) is 0 Å². The van der Waals surface area contributed by atoms with E-state index in [2.05, 4.69) is 17.5 Å². The molecule has 0 N–H and O–H groups in total. The minimum Gasteiger partial charge on any atom is -0.303 e. The number of nitrogens with zero attached hydrogens (tertiary/aromatic N) is 1. The first kappa shape index (κ1) is 10.8. The average molecular weight is 213 g/mol. The Morgan fingerprint density at radius 2 is 1.57 bits per heavy atom. The van der Waals surface area contributed by atoms with Crippen LogP contribution in [0.1, 0.15) is 44.9 Å². The smallest absolute Gasteiger partial charge is 0.00458 e. The molecule has 2 heteroatoms. The third-order valence-corrected chi connectivity index (χ3v) is 4.68. The molecule has 1 saturated carbocycles. The maximum absolute atomic E-state index is 4.60. The van der Waals surface area contributed by atoms with Crippen molar-refractivity contribution in [2.45, 2.75) is 44.9 Å². The molecule has 82 valence electrons. The van der Waals surface area contributed by atoms with Crippen LogP contribution in [0.15, 0.2) is 0 Å². The van der Waals surface area contributed by atoms with Crippen molar-refractivity contribution >= 4 is 12.6 Å². The number of hydrogen-bond acceptors (Lipinski definition) is 2. The van der Waals surface area contributed by atoms with E-state index in [0.29, 0.717) is 5.41 Å². The van der Waals surface area contributed by atoms with E-state index in [4.69, 9.17) is 0 Å². The van der Waals surface area contributed by atoms with Crippen LogP contribution in [-0.2, 0) is 0 Å². The van der Waals surface area contributed by atoms with Gasteiger partial charge in [-0.15, -0.1) is 0 Å². The van der Waals surface area contributed by atoms with Crippen LogP contribution in [0.5, 0.6) is 0 Å². The molecule has 1 aliphatic heterocycles. The van der Waals surface area contributed by atoms with Gasteiger partial charge in [-0.1, -0.05) is 19.3 Å². The number of thiol groups is 1. The van der Waals surface area contributed by atoms with Gasteiger partial charge in [0.05, 0.1) is 0 Å². The van der Waals surface area contributed by atoms with E-state index >= 15 is 0 Å². The molecule has 0 atom stereocenters. The molecule has 1 heterocycles. The highest BCUT2D eigenvalue weighted by atomic mass is 32.1. The molecule has 1 saturated heterocycles. The molecule has 2 aliphatic rings. The molecule has 0 bridgehead atoms. The Labute approximate surface area is 93.7 Å². The summed E-state index contributed by atoms with van der Waals surface area (Å²) >= 11 is 4.60. The summed E-state index contributed by atoms with van der Waals surface area (Å²) in [5.41, 5.74) is 0.575. The van der Waals surface area contributed by atoms with Crippen LogP contribution in [0.4, 0.5) is 0 Å². The molecule has 1 nitrogen and oxygen atoms in total. The first-order valence-electron chi connectivity index (χ1n) is 6.18. The van der Waals surface area contributed by atoms with Gasteiger partial charge < -0.3 is 4.90 Å². The summed E-state index contributed by atoms with van der Waals surface area (Å²) in [4.78, 5) is 2.67. The third-order valence-electron chi connectivity index (χ3n) is 4.01. The van der Waals surface area contributed by atoms with E-state index in [1.807, 2.05) is 0 Å². The standard InChI is InChI=1S/C12H23NS/c14-11-12(6-2-1-3-7-12)10-13-8-4-5-9-13/h14H,1-11H2. The van der Waals surface area contributed by atoms with Crippen molar-refractivity contribution in [1.82, 2.24) is 4.90 Å². The van der Waals surface area contributed by atoms with E-state index in [1.165, 1.54) is 64.6 Å². The van der Waals surface area contributed by atoms with Gasteiger partial charge in [0.25, 0.3) is 0 Å². The highest BCUT2D eigenvalue weighted by Crippen LogP contribution is 2.38. The molecule has 1 aliphatic carbocycles. The molecule has 14 heavy (non-hydrogen) atoms. The van der Waals surface area contributed by atoms with E-state index in [1.54, 1.807) is 0 Å². The van der Waals surface area contributed by atoms with Crippen LogP contribution in [-0.4, -0.2) is 30.3 Å². The van der Waals surface area contributed by atoms with Gasteiger partial charge in [-0.05, 0) is 49.9 Å². The number of likely N-dealkylation sites (tertiary alicyclic amines) is 1. The number of rotatable bonds is 3. The topological polar surface area (TPSA) is 3.24 Å². The fraction of sp³-hybridized carbons (Fsp3) is 1.00. The van der Waals surface area contributed by atoms with Crippen molar-refractivity contribution in [2.24, 2.45) is 5.41 Å². The van der Waals surface area contributed by atoms with E-state index in [0.717, 1.165) is 5.75 Å². The van der Waals surface area contributed by atoms with Crippen molar-refractivity contribution in [2.75, 3.05) is 25.4 Å².